The molecular weight excluding hydrogens is 568 g/mol. The molecule has 27 heteroatoms. The van der Waals surface area contributed by atoms with E-state index in [9.17, 15) is 0 Å². The molecule has 0 aromatic heterocycles. The molecule has 0 atom stereocenters. The van der Waals surface area contributed by atoms with E-state index in [0.717, 1.165) is 0 Å². The molecule has 0 amide bonds. The molecule has 0 saturated heterocycles. The smallest absolute Gasteiger partial charge is 0.356 e. The van der Waals surface area contributed by atoms with Crippen LogP contribution in [0, 0.1) is 91.9 Å². The van der Waals surface area contributed by atoms with Crippen LogP contribution >= 0.6 is 0 Å². The zero-order valence-corrected chi connectivity index (χ0v) is 21.1. The molecule has 0 fully saturated rings. The third-order valence-corrected chi connectivity index (χ3v) is 0. The second-order valence-corrected chi connectivity index (χ2v) is 1.34. The fraction of sp³-hybridized carbons (Fsp3) is 0. The van der Waals surface area contributed by atoms with Crippen molar-refractivity contribution in [1.29, 1.82) is 0 Å². The Morgan fingerprint density at radius 1 is 0.259 bits per heavy atom. The Bertz CT molecular complexity index is 264. The van der Waals surface area contributed by atoms with Crippen molar-refractivity contribution in [3.8, 4) is 0 Å². The third kappa shape index (κ3) is 1190. The Hall–Kier alpha value is -2.93. The van der Waals surface area contributed by atoms with Crippen LogP contribution in [0.25, 0.3) is 0 Å². The monoisotopic (exact) mass is 564 g/mol. The molecule has 0 rings (SSSR count). The maximum Gasteiger partial charge on any atom is 2.00 e. The maximum absolute atomic E-state index is 8.25. The first-order valence-electron chi connectivity index (χ1n) is 3.29. The first-order valence-corrected chi connectivity index (χ1v) is 3.29. The van der Waals surface area contributed by atoms with Crippen molar-refractivity contribution in [3.63, 3.8) is 0 Å². The molecule has 0 bridgehead atoms. The van der Waals surface area contributed by atoms with E-state index in [4.69, 9.17) is 91.9 Å². The van der Waals surface area contributed by atoms with Crippen molar-refractivity contribution in [2.45, 2.75) is 0 Å². The van der Waals surface area contributed by atoms with Crippen molar-refractivity contribution in [2.75, 3.05) is 0 Å². The van der Waals surface area contributed by atoms with Crippen LogP contribution in [0.15, 0.2) is 0 Å². The summed E-state index contributed by atoms with van der Waals surface area (Å²) in [7, 11) is 0. The second kappa shape index (κ2) is 49.5. The van der Waals surface area contributed by atoms with Crippen molar-refractivity contribution in [2.24, 2.45) is 0 Å². The van der Waals surface area contributed by atoms with E-state index in [2.05, 4.69) is 0 Å². The molecule has 27 heavy (non-hydrogen) atoms. The summed E-state index contributed by atoms with van der Waals surface area (Å²) in [6.45, 7) is 0. The van der Waals surface area contributed by atoms with Crippen LogP contribution in [0.3, 0.4) is 0 Å². The van der Waals surface area contributed by atoms with E-state index in [0.29, 0.717) is 0 Å². The summed E-state index contributed by atoms with van der Waals surface area (Å²) in [5, 5.41) is 88.5. The summed E-state index contributed by atoms with van der Waals surface area (Å²) < 4.78 is 0. The van der Waals surface area contributed by atoms with E-state index >= 15 is 0 Å². The zero-order valence-electron chi connectivity index (χ0n) is 12.2. The van der Waals surface area contributed by atoms with Gasteiger partial charge in [-0.25, -0.2) is 0 Å². The van der Waals surface area contributed by atoms with Gasteiger partial charge in [-0.2, -0.15) is 0 Å². The van der Waals surface area contributed by atoms with Crippen LogP contribution in [0.1, 0.15) is 0 Å². The Morgan fingerprint density at radius 3 is 0.259 bits per heavy atom. The van der Waals surface area contributed by atoms with E-state index in [1.165, 1.54) is 0 Å². The van der Waals surface area contributed by atoms with Crippen LogP contribution < -0.4 is 0 Å². The van der Waals surface area contributed by atoms with Gasteiger partial charge in [-0.3, -0.25) is 0 Å². The minimum Gasteiger partial charge on any atom is -0.356 e. The molecule has 24 nitrogen and oxygen atoms in total. The van der Waals surface area contributed by atoms with Crippen LogP contribution in [0.5, 0.6) is 0 Å². The van der Waals surface area contributed by atoms with E-state index < -0.39 is 30.5 Å². The van der Waals surface area contributed by atoms with Gasteiger partial charge in [-0.15, -0.1) is 0 Å². The van der Waals surface area contributed by atoms with Gasteiger partial charge in [0.05, 0.1) is 30.5 Å². The van der Waals surface area contributed by atoms with Crippen molar-refractivity contribution in [3.05, 3.63) is 91.9 Å². The summed E-state index contributed by atoms with van der Waals surface area (Å²) in [6.07, 6.45) is 0. The number of hydrogen-bond acceptors (Lipinski definition) is 18. The van der Waals surface area contributed by atoms with Gasteiger partial charge in [0.25, 0.3) is 0 Å². The van der Waals surface area contributed by atoms with Gasteiger partial charge in [0.1, 0.15) is 0 Å². The molecule has 0 aromatic carbocycles. The predicted molar refractivity (Wildman–Crippen MR) is 62.2 cm³/mol. The molecule has 0 N–H and O–H groups in total. The SMILES string of the molecule is O=[N+]([O-])[O-].O=[N+]([O-])[O-].O=[N+]([O-])[O-].O=[N+]([O-])[O-].O=[N+]([O-])[O-].O=[N+]([O-])[O-].[Zn+2].[Zn+2].[Zn+2]. The minimum absolute atomic E-state index is 0. The Labute approximate surface area is 180 Å². The Kier molecular flexibility index (Phi) is 103. The summed E-state index contributed by atoms with van der Waals surface area (Å²) in [5.41, 5.74) is 0. The van der Waals surface area contributed by atoms with Crippen molar-refractivity contribution >= 4 is 0 Å². The summed E-state index contributed by atoms with van der Waals surface area (Å²) in [4.78, 5) is 49.5. The maximum atomic E-state index is 8.25. The second-order valence-electron chi connectivity index (χ2n) is 1.34. The molecule has 0 aliphatic carbocycles. The number of rotatable bonds is 0. The first-order chi connectivity index (χ1) is 10.4. The van der Waals surface area contributed by atoms with E-state index in [1.807, 2.05) is 0 Å². The molecule has 0 spiro atoms. The Morgan fingerprint density at radius 2 is 0.259 bits per heavy atom. The van der Waals surface area contributed by atoms with Crippen LogP contribution in [-0.4, -0.2) is 30.5 Å². The van der Waals surface area contributed by atoms with Gasteiger partial charge >= 0.3 is 58.4 Å². The van der Waals surface area contributed by atoms with Crippen LogP contribution in [-0.2, 0) is 58.4 Å². The van der Waals surface area contributed by atoms with E-state index in [-0.39, 0.29) is 58.4 Å². The largest absolute Gasteiger partial charge is 2.00 e. The van der Waals surface area contributed by atoms with Gasteiger partial charge in [-0.1, -0.05) is 0 Å². The van der Waals surface area contributed by atoms with Crippen LogP contribution in [0.4, 0.5) is 0 Å². The molecule has 0 aliphatic heterocycles. The van der Waals surface area contributed by atoms with E-state index in [1.54, 1.807) is 0 Å². The zero-order chi connectivity index (χ0) is 21.5. The molecule has 0 aromatic rings. The fourth-order valence-corrected chi connectivity index (χ4v) is 0. The van der Waals surface area contributed by atoms with Crippen molar-refractivity contribution < 1.29 is 89.0 Å². The predicted octanol–water partition coefficient (Wildman–Crippen LogP) is -1.44. The van der Waals surface area contributed by atoms with Crippen LogP contribution in [0.2, 0.25) is 0 Å². The summed E-state index contributed by atoms with van der Waals surface area (Å²) in [5.74, 6) is 0. The summed E-state index contributed by atoms with van der Waals surface area (Å²) >= 11 is 0. The van der Waals surface area contributed by atoms with Gasteiger partial charge < -0.3 is 91.9 Å². The minimum atomic E-state index is -1.75. The third-order valence-electron chi connectivity index (χ3n) is 0. The number of hydrogen-bond donors (Lipinski definition) is 0. The molecular formula is N6O18Zn3. The molecule has 0 heterocycles. The molecule has 0 saturated carbocycles. The average molecular weight is 568 g/mol. The molecule has 0 unspecified atom stereocenters. The molecule has 0 aliphatic rings. The first kappa shape index (κ1) is 56.4. The van der Waals surface area contributed by atoms with Crippen molar-refractivity contribution in [1.82, 2.24) is 0 Å². The molecule has 144 valence electrons. The van der Waals surface area contributed by atoms with Gasteiger partial charge in [0.2, 0.25) is 0 Å². The molecule has 0 radical (unpaired) electrons. The Balaban J connectivity index is -0.0000000201. The number of nitrogens with zero attached hydrogens (tertiary/aromatic N) is 6. The normalized spacial score (nSPS) is 5.33. The van der Waals surface area contributed by atoms with Gasteiger partial charge in [0.15, 0.2) is 0 Å². The standard InChI is InChI=1S/6NO3.3Zn/c6*2-1(3)4;;;/q6*-1;3*+2. The van der Waals surface area contributed by atoms with Gasteiger partial charge in [-0.05, 0) is 0 Å². The summed E-state index contributed by atoms with van der Waals surface area (Å²) in [6, 6.07) is 0. The average Bonchev–Trinajstić information content (AvgIpc) is 2.08. The quantitative estimate of drug-likeness (QED) is 0.183. The fourth-order valence-electron chi connectivity index (χ4n) is 0. The topological polar surface area (TPSA) is 397 Å². The van der Waals surface area contributed by atoms with Gasteiger partial charge in [0, 0.05) is 0 Å².